The molecule has 0 N–H and O–H groups in total. The van der Waals surface area contributed by atoms with Crippen molar-refractivity contribution >= 4 is 22.6 Å². The standard InChI is InChI=1S/C15H11ClN4/c16-14-7-3-4-11(18-14)10-20-13-6-2-1-5-12(13)19-15(20)8-9-17/h1-7H,8,10H2. The number of nitrogens with zero attached hydrogens (tertiary/aromatic N) is 4. The van der Waals surface area contributed by atoms with Crippen LogP contribution >= 0.6 is 11.6 Å². The summed E-state index contributed by atoms with van der Waals surface area (Å²) in [5, 5.41) is 9.41. The predicted octanol–water partition coefficient (Wildman–Crippen LogP) is 3.20. The Morgan fingerprint density at radius 1 is 1.10 bits per heavy atom. The van der Waals surface area contributed by atoms with Crippen molar-refractivity contribution in [3.63, 3.8) is 0 Å². The van der Waals surface area contributed by atoms with Crippen LogP contribution in [0.15, 0.2) is 42.5 Å². The zero-order valence-electron chi connectivity index (χ0n) is 10.6. The van der Waals surface area contributed by atoms with Crippen LogP contribution in [0, 0.1) is 11.3 Å². The van der Waals surface area contributed by atoms with Crippen LogP contribution in [-0.4, -0.2) is 14.5 Å². The normalized spacial score (nSPS) is 10.6. The molecule has 20 heavy (non-hydrogen) atoms. The first-order valence-electron chi connectivity index (χ1n) is 6.20. The molecule has 0 saturated heterocycles. The molecule has 0 spiro atoms. The number of hydrogen-bond donors (Lipinski definition) is 0. The molecule has 2 heterocycles. The smallest absolute Gasteiger partial charge is 0.129 e. The van der Waals surface area contributed by atoms with Crippen LogP contribution in [0.5, 0.6) is 0 Å². The van der Waals surface area contributed by atoms with E-state index in [1.54, 1.807) is 6.07 Å². The third kappa shape index (κ3) is 2.36. The fourth-order valence-corrected chi connectivity index (χ4v) is 2.39. The van der Waals surface area contributed by atoms with Gasteiger partial charge in [-0.3, -0.25) is 0 Å². The van der Waals surface area contributed by atoms with Gasteiger partial charge in [0.15, 0.2) is 0 Å². The number of hydrogen-bond acceptors (Lipinski definition) is 3. The lowest BCUT2D eigenvalue weighted by molar-refractivity contribution is 0.750. The Labute approximate surface area is 121 Å². The summed E-state index contributed by atoms with van der Waals surface area (Å²) in [6, 6.07) is 15.5. The summed E-state index contributed by atoms with van der Waals surface area (Å²) in [5.74, 6) is 0.746. The van der Waals surface area contributed by atoms with E-state index < -0.39 is 0 Å². The first kappa shape index (κ1) is 12.6. The maximum absolute atomic E-state index is 8.94. The minimum Gasteiger partial charge on any atom is -0.321 e. The molecule has 0 atom stereocenters. The molecule has 0 saturated carbocycles. The van der Waals surface area contributed by atoms with E-state index in [0.29, 0.717) is 11.7 Å². The Hall–Kier alpha value is -2.38. The molecule has 0 unspecified atom stereocenters. The molecule has 0 aliphatic heterocycles. The Morgan fingerprint density at radius 3 is 2.75 bits per heavy atom. The molecular weight excluding hydrogens is 272 g/mol. The molecule has 0 bridgehead atoms. The molecule has 1 aromatic carbocycles. The number of pyridine rings is 1. The van der Waals surface area contributed by atoms with Crippen LogP contribution in [-0.2, 0) is 13.0 Å². The van der Waals surface area contributed by atoms with Crippen molar-refractivity contribution in [2.75, 3.05) is 0 Å². The van der Waals surface area contributed by atoms with Gasteiger partial charge in [0.25, 0.3) is 0 Å². The Morgan fingerprint density at radius 2 is 1.95 bits per heavy atom. The number of rotatable bonds is 3. The molecule has 0 fully saturated rings. The highest BCUT2D eigenvalue weighted by atomic mass is 35.5. The van der Waals surface area contributed by atoms with Gasteiger partial charge in [-0.15, -0.1) is 0 Å². The summed E-state index contributed by atoms with van der Waals surface area (Å²) in [4.78, 5) is 8.79. The van der Waals surface area contributed by atoms with Crippen molar-refractivity contribution < 1.29 is 0 Å². The van der Waals surface area contributed by atoms with E-state index in [1.165, 1.54) is 0 Å². The highest BCUT2D eigenvalue weighted by Gasteiger charge is 2.11. The van der Waals surface area contributed by atoms with Gasteiger partial charge in [0, 0.05) is 0 Å². The highest BCUT2D eigenvalue weighted by Crippen LogP contribution is 2.18. The number of aromatic nitrogens is 3. The number of fused-ring (bicyclic) bond motifs is 1. The third-order valence-corrected chi connectivity index (χ3v) is 3.27. The molecule has 4 nitrogen and oxygen atoms in total. The van der Waals surface area contributed by atoms with Gasteiger partial charge < -0.3 is 4.57 Å². The Bertz CT molecular complexity index is 801. The van der Waals surface area contributed by atoms with E-state index >= 15 is 0 Å². The van der Waals surface area contributed by atoms with Gasteiger partial charge in [-0.25, -0.2) is 9.97 Å². The van der Waals surface area contributed by atoms with Gasteiger partial charge in [0.05, 0.1) is 35.8 Å². The monoisotopic (exact) mass is 282 g/mol. The number of benzene rings is 1. The average Bonchev–Trinajstić information content (AvgIpc) is 2.78. The Balaban J connectivity index is 2.09. The van der Waals surface area contributed by atoms with Crippen LogP contribution in [0.4, 0.5) is 0 Å². The van der Waals surface area contributed by atoms with Crippen molar-refractivity contribution in [3.05, 3.63) is 59.1 Å². The van der Waals surface area contributed by atoms with Crippen molar-refractivity contribution in [1.29, 1.82) is 5.26 Å². The minimum absolute atomic E-state index is 0.273. The van der Waals surface area contributed by atoms with Crippen LogP contribution < -0.4 is 0 Å². The lowest BCUT2D eigenvalue weighted by Gasteiger charge is -2.07. The lowest BCUT2D eigenvalue weighted by Crippen LogP contribution is -2.06. The summed E-state index contributed by atoms with van der Waals surface area (Å²) >= 11 is 5.92. The molecule has 0 radical (unpaired) electrons. The van der Waals surface area contributed by atoms with Crippen molar-refractivity contribution in [2.24, 2.45) is 0 Å². The van der Waals surface area contributed by atoms with Gasteiger partial charge >= 0.3 is 0 Å². The summed E-state index contributed by atoms with van der Waals surface area (Å²) < 4.78 is 2.01. The van der Waals surface area contributed by atoms with Gasteiger partial charge in [-0.2, -0.15) is 5.26 Å². The quantitative estimate of drug-likeness (QED) is 0.693. The maximum Gasteiger partial charge on any atom is 0.129 e. The van der Waals surface area contributed by atoms with Crippen molar-refractivity contribution in [1.82, 2.24) is 14.5 Å². The van der Waals surface area contributed by atoms with Gasteiger partial charge in [-0.1, -0.05) is 29.8 Å². The second-order valence-electron chi connectivity index (χ2n) is 4.39. The van der Waals surface area contributed by atoms with E-state index in [-0.39, 0.29) is 6.42 Å². The van der Waals surface area contributed by atoms with Crippen LogP contribution in [0.2, 0.25) is 5.15 Å². The molecular formula is C15H11ClN4. The minimum atomic E-state index is 0.273. The number of nitriles is 1. The topological polar surface area (TPSA) is 54.5 Å². The molecule has 3 rings (SSSR count). The zero-order valence-corrected chi connectivity index (χ0v) is 11.4. The van der Waals surface area contributed by atoms with Gasteiger partial charge in [0.2, 0.25) is 0 Å². The van der Waals surface area contributed by atoms with E-state index in [9.17, 15) is 0 Å². The SMILES string of the molecule is N#CCc1nc2ccccc2n1Cc1cccc(Cl)n1. The van der Waals surface area contributed by atoms with E-state index in [1.807, 2.05) is 41.0 Å². The molecule has 3 aromatic rings. The fraction of sp³-hybridized carbons (Fsp3) is 0.133. The van der Waals surface area contributed by atoms with E-state index in [4.69, 9.17) is 16.9 Å². The molecule has 0 aliphatic rings. The molecule has 98 valence electrons. The van der Waals surface area contributed by atoms with Crippen LogP contribution in [0.1, 0.15) is 11.5 Å². The predicted molar refractivity (Wildman–Crippen MR) is 77.4 cm³/mol. The molecule has 5 heteroatoms. The fourth-order valence-electron chi connectivity index (χ4n) is 2.21. The van der Waals surface area contributed by atoms with E-state index in [2.05, 4.69) is 16.0 Å². The number of imidazole rings is 1. The summed E-state index contributed by atoms with van der Waals surface area (Å²) in [6.07, 6.45) is 0.273. The maximum atomic E-state index is 8.94. The molecule has 2 aromatic heterocycles. The summed E-state index contributed by atoms with van der Waals surface area (Å²) in [6.45, 7) is 0.554. The Kier molecular flexibility index (Phi) is 3.36. The number of halogens is 1. The van der Waals surface area contributed by atoms with Crippen LogP contribution in [0.3, 0.4) is 0 Å². The largest absolute Gasteiger partial charge is 0.321 e. The van der Waals surface area contributed by atoms with E-state index in [0.717, 1.165) is 22.6 Å². The van der Waals surface area contributed by atoms with Crippen molar-refractivity contribution in [3.8, 4) is 6.07 Å². The summed E-state index contributed by atoms with van der Waals surface area (Å²) in [5.41, 5.74) is 2.74. The summed E-state index contributed by atoms with van der Waals surface area (Å²) in [7, 11) is 0. The average molecular weight is 283 g/mol. The second-order valence-corrected chi connectivity index (χ2v) is 4.78. The van der Waals surface area contributed by atoms with Crippen LogP contribution in [0.25, 0.3) is 11.0 Å². The van der Waals surface area contributed by atoms with Crippen molar-refractivity contribution in [2.45, 2.75) is 13.0 Å². The molecule has 0 amide bonds. The first-order chi connectivity index (χ1) is 9.78. The second kappa shape index (κ2) is 5.32. The highest BCUT2D eigenvalue weighted by molar-refractivity contribution is 6.29. The number of para-hydroxylation sites is 2. The lowest BCUT2D eigenvalue weighted by atomic mass is 10.3. The van der Waals surface area contributed by atoms with Gasteiger partial charge in [-0.05, 0) is 24.3 Å². The third-order valence-electron chi connectivity index (χ3n) is 3.06. The first-order valence-corrected chi connectivity index (χ1v) is 6.58. The van der Waals surface area contributed by atoms with Gasteiger partial charge in [0.1, 0.15) is 11.0 Å². The zero-order chi connectivity index (χ0) is 13.9. The molecule has 0 aliphatic carbocycles.